The van der Waals surface area contributed by atoms with Gasteiger partial charge in [-0.2, -0.15) is 0 Å². The standard InChI is InChI=1S/C15H14BrNO4S/c16-13-11(6-7-22-13)8-12(14(18)19)17-15(20)21-9-10-4-2-1-3-5-10/h1-7,12H,8-9H2,(H,17,20)(H,18,19). The lowest BCUT2D eigenvalue weighted by atomic mass is 10.1. The second-order valence-corrected chi connectivity index (χ2v) is 6.75. The first-order valence-electron chi connectivity index (χ1n) is 6.48. The molecule has 1 aromatic heterocycles. The molecule has 0 bridgehead atoms. The smallest absolute Gasteiger partial charge is 0.408 e. The van der Waals surface area contributed by atoms with Crippen LogP contribution in [0.1, 0.15) is 11.1 Å². The monoisotopic (exact) mass is 383 g/mol. The van der Waals surface area contributed by atoms with Gasteiger partial charge in [-0.3, -0.25) is 0 Å². The normalized spacial score (nSPS) is 11.7. The van der Waals surface area contributed by atoms with Gasteiger partial charge in [0.25, 0.3) is 0 Å². The summed E-state index contributed by atoms with van der Waals surface area (Å²) >= 11 is 4.82. The summed E-state index contributed by atoms with van der Waals surface area (Å²) in [5.41, 5.74) is 1.67. The topological polar surface area (TPSA) is 75.6 Å². The highest BCUT2D eigenvalue weighted by Crippen LogP contribution is 2.24. The second kappa shape index (κ2) is 7.95. The van der Waals surface area contributed by atoms with Gasteiger partial charge in [-0.1, -0.05) is 30.3 Å². The van der Waals surface area contributed by atoms with Gasteiger partial charge in [0.1, 0.15) is 12.6 Å². The van der Waals surface area contributed by atoms with E-state index < -0.39 is 18.1 Å². The van der Waals surface area contributed by atoms with Crippen molar-refractivity contribution in [2.45, 2.75) is 19.1 Å². The SMILES string of the molecule is O=C(NC(Cc1ccsc1Br)C(=O)O)OCc1ccccc1. The molecular formula is C15H14BrNO4S. The zero-order valence-corrected chi connectivity index (χ0v) is 13.9. The van der Waals surface area contributed by atoms with Gasteiger partial charge in [0.15, 0.2) is 0 Å². The number of thiophene rings is 1. The van der Waals surface area contributed by atoms with Gasteiger partial charge in [-0.25, -0.2) is 9.59 Å². The Kier molecular flexibility index (Phi) is 5.97. The first kappa shape index (κ1) is 16.5. The van der Waals surface area contributed by atoms with Crippen LogP contribution in [0.4, 0.5) is 4.79 Å². The van der Waals surface area contributed by atoms with Crippen molar-refractivity contribution in [2.75, 3.05) is 0 Å². The molecule has 22 heavy (non-hydrogen) atoms. The number of carboxylic acids is 1. The number of hydrogen-bond acceptors (Lipinski definition) is 4. The van der Waals surface area contributed by atoms with E-state index in [-0.39, 0.29) is 13.0 Å². The van der Waals surface area contributed by atoms with Gasteiger partial charge >= 0.3 is 12.1 Å². The maximum absolute atomic E-state index is 11.7. The minimum Gasteiger partial charge on any atom is -0.480 e. The lowest BCUT2D eigenvalue weighted by molar-refractivity contribution is -0.139. The molecule has 0 radical (unpaired) electrons. The van der Waals surface area contributed by atoms with Gasteiger partial charge in [-0.05, 0) is 38.5 Å². The molecule has 2 rings (SSSR count). The first-order valence-corrected chi connectivity index (χ1v) is 8.15. The Morgan fingerprint density at radius 3 is 2.59 bits per heavy atom. The Bertz CT molecular complexity index is 644. The molecule has 2 N–H and O–H groups in total. The first-order chi connectivity index (χ1) is 10.6. The molecule has 0 aliphatic rings. The fourth-order valence-electron chi connectivity index (χ4n) is 1.79. The van der Waals surface area contributed by atoms with Crippen molar-refractivity contribution >= 4 is 39.3 Å². The second-order valence-electron chi connectivity index (χ2n) is 4.52. The van der Waals surface area contributed by atoms with Crippen LogP contribution in [0.3, 0.4) is 0 Å². The van der Waals surface area contributed by atoms with Crippen LogP contribution < -0.4 is 5.32 Å². The van der Waals surface area contributed by atoms with Gasteiger partial charge in [0.05, 0.1) is 3.79 Å². The number of alkyl carbamates (subject to hydrolysis) is 1. The van der Waals surface area contributed by atoms with Gasteiger partial charge in [-0.15, -0.1) is 11.3 Å². The summed E-state index contributed by atoms with van der Waals surface area (Å²) in [6, 6.07) is 9.98. The molecule has 5 nitrogen and oxygen atoms in total. The number of rotatable bonds is 6. The van der Waals surface area contributed by atoms with E-state index in [1.54, 1.807) is 0 Å². The van der Waals surface area contributed by atoms with Crippen LogP contribution in [0.2, 0.25) is 0 Å². The molecule has 0 saturated heterocycles. The number of carbonyl (C=O) groups excluding carboxylic acids is 1. The van der Waals surface area contributed by atoms with Crippen molar-refractivity contribution in [3.05, 3.63) is 56.7 Å². The van der Waals surface area contributed by atoms with E-state index in [0.29, 0.717) is 0 Å². The number of hydrogen-bond donors (Lipinski definition) is 2. The van der Waals surface area contributed by atoms with Crippen molar-refractivity contribution in [2.24, 2.45) is 0 Å². The predicted molar refractivity (Wildman–Crippen MR) is 86.9 cm³/mol. The quantitative estimate of drug-likeness (QED) is 0.800. The van der Waals surface area contributed by atoms with Crippen molar-refractivity contribution in [1.82, 2.24) is 5.32 Å². The largest absolute Gasteiger partial charge is 0.480 e. The zero-order chi connectivity index (χ0) is 15.9. The van der Waals surface area contributed by atoms with Gasteiger partial charge < -0.3 is 15.2 Å². The highest BCUT2D eigenvalue weighted by atomic mass is 79.9. The van der Waals surface area contributed by atoms with E-state index in [0.717, 1.165) is 14.9 Å². The molecule has 1 atom stereocenters. The number of carbonyl (C=O) groups is 2. The number of aliphatic carboxylic acids is 1. The molecule has 1 unspecified atom stereocenters. The highest BCUT2D eigenvalue weighted by molar-refractivity contribution is 9.11. The van der Waals surface area contributed by atoms with Crippen molar-refractivity contribution in [3.8, 4) is 0 Å². The van der Waals surface area contributed by atoms with Crippen LogP contribution in [-0.4, -0.2) is 23.2 Å². The lowest BCUT2D eigenvalue weighted by Gasteiger charge is -2.14. The van der Waals surface area contributed by atoms with E-state index in [1.165, 1.54) is 11.3 Å². The fourth-order valence-corrected chi connectivity index (χ4v) is 3.06. The molecule has 0 fully saturated rings. The van der Waals surface area contributed by atoms with Gasteiger partial charge in [0, 0.05) is 6.42 Å². The molecule has 116 valence electrons. The third-order valence-electron chi connectivity index (χ3n) is 2.92. The summed E-state index contributed by atoms with van der Waals surface area (Å²) in [6.45, 7) is 0.0984. The summed E-state index contributed by atoms with van der Waals surface area (Å²) < 4.78 is 5.90. The summed E-state index contributed by atoms with van der Waals surface area (Å²) in [6.07, 6.45) is -0.553. The number of nitrogens with one attached hydrogen (secondary N) is 1. The van der Waals surface area contributed by atoms with Gasteiger partial charge in [0.2, 0.25) is 0 Å². The fraction of sp³-hybridized carbons (Fsp3) is 0.200. The summed E-state index contributed by atoms with van der Waals surface area (Å²) in [5, 5.41) is 13.4. The van der Waals surface area contributed by atoms with Crippen LogP contribution in [0.25, 0.3) is 0 Å². The summed E-state index contributed by atoms with van der Waals surface area (Å²) in [7, 11) is 0. The Morgan fingerprint density at radius 1 is 1.27 bits per heavy atom. The third kappa shape index (κ3) is 4.85. The predicted octanol–water partition coefficient (Wildman–Crippen LogP) is 3.43. The van der Waals surface area contributed by atoms with E-state index in [1.807, 2.05) is 41.8 Å². The molecule has 0 aliphatic heterocycles. The van der Waals surface area contributed by atoms with Crippen LogP contribution >= 0.6 is 27.3 Å². The number of benzene rings is 1. The van der Waals surface area contributed by atoms with E-state index in [9.17, 15) is 14.7 Å². The Balaban J connectivity index is 1.89. The molecule has 1 aromatic carbocycles. The van der Waals surface area contributed by atoms with Crippen molar-refractivity contribution < 1.29 is 19.4 Å². The maximum Gasteiger partial charge on any atom is 0.408 e. The number of amides is 1. The molecular weight excluding hydrogens is 370 g/mol. The highest BCUT2D eigenvalue weighted by Gasteiger charge is 2.22. The van der Waals surface area contributed by atoms with Crippen molar-refractivity contribution in [3.63, 3.8) is 0 Å². The number of carboxylic acid groups (broad SMARTS) is 1. The Hall–Kier alpha value is -1.86. The maximum atomic E-state index is 11.7. The number of ether oxygens (including phenoxy) is 1. The third-order valence-corrected chi connectivity index (χ3v) is 4.73. The zero-order valence-electron chi connectivity index (χ0n) is 11.5. The average Bonchev–Trinajstić information content (AvgIpc) is 2.91. The Morgan fingerprint density at radius 2 is 2.00 bits per heavy atom. The average molecular weight is 384 g/mol. The van der Waals surface area contributed by atoms with Crippen LogP contribution in [0.5, 0.6) is 0 Å². The van der Waals surface area contributed by atoms with Crippen LogP contribution in [-0.2, 0) is 22.6 Å². The molecule has 1 amide bonds. The van der Waals surface area contributed by atoms with Crippen LogP contribution in [0, 0.1) is 0 Å². The molecule has 0 aliphatic carbocycles. The van der Waals surface area contributed by atoms with E-state index in [4.69, 9.17) is 4.74 Å². The molecule has 0 spiro atoms. The molecule has 7 heteroatoms. The van der Waals surface area contributed by atoms with Crippen LogP contribution in [0.15, 0.2) is 45.6 Å². The minimum atomic E-state index is -1.10. The minimum absolute atomic E-state index is 0.0984. The Labute approximate surface area is 140 Å². The van der Waals surface area contributed by atoms with E-state index in [2.05, 4.69) is 21.2 Å². The van der Waals surface area contributed by atoms with Crippen molar-refractivity contribution in [1.29, 1.82) is 0 Å². The molecule has 0 saturated carbocycles. The summed E-state index contributed by atoms with van der Waals surface area (Å²) in [5.74, 6) is -1.10. The van der Waals surface area contributed by atoms with E-state index >= 15 is 0 Å². The number of halogens is 1. The molecule has 2 aromatic rings. The lowest BCUT2D eigenvalue weighted by Crippen LogP contribution is -2.42. The summed E-state index contributed by atoms with van der Waals surface area (Å²) in [4.78, 5) is 23.0. The molecule has 1 heterocycles.